The van der Waals surface area contributed by atoms with E-state index in [9.17, 15) is 14.4 Å². The lowest BCUT2D eigenvalue weighted by molar-refractivity contribution is 0.0907. The second-order valence-corrected chi connectivity index (χ2v) is 6.43. The quantitative estimate of drug-likeness (QED) is 0.708. The Hall–Kier alpha value is -3.22. The third kappa shape index (κ3) is 2.12. The maximum atomic E-state index is 12.4. The van der Waals surface area contributed by atoms with E-state index < -0.39 is 16.9 Å². The lowest BCUT2D eigenvalue weighted by Crippen LogP contribution is -2.36. The number of pyridine rings is 1. The van der Waals surface area contributed by atoms with Gasteiger partial charge in [-0.1, -0.05) is 30.3 Å². The minimum absolute atomic E-state index is 0.0551. The van der Waals surface area contributed by atoms with Crippen LogP contribution in [0.5, 0.6) is 0 Å². The minimum Gasteiger partial charge on any atom is -0.272 e. The highest BCUT2D eigenvalue weighted by Crippen LogP contribution is 2.28. The molecule has 0 aliphatic carbocycles. The summed E-state index contributed by atoms with van der Waals surface area (Å²) < 4.78 is 3.09. The monoisotopic (exact) mass is 336 g/mol. The maximum Gasteiger partial charge on any atom is 0.354 e. The Balaban J connectivity index is 1.86. The molecule has 126 valence electrons. The summed E-state index contributed by atoms with van der Waals surface area (Å²) in [6.45, 7) is 1.76. The summed E-state index contributed by atoms with van der Waals surface area (Å²) in [6.07, 6.45) is 5.34. The average Bonchev–Trinajstić information content (AvgIpc) is 3.01. The molecule has 0 spiro atoms. The topological polar surface area (TPSA) is 78.9 Å². The Labute approximate surface area is 142 Å². The van der Waals surface area contributed by atoms with Crippen molar-refractivity contribution < 1.29 is 4.79 Å². The number of carbonyl (C=O) groups excluding carboxylic acids is 1. The maximum absolute atomic E-state index is 12.4. The number of hydrogen-bond acceptors (Lipinski definition) is 4. The molecule has 3 aromatic rings. The van der Waals surface area contributed by atoms with Crippen LogP contribution in [-0.2, 0) is 12.6 Å². The Morgan fingerprint density at radius 1 is 1.12 bits per heavy atom. The summed E-state index contributed by atoms with van der Waals surface area (Å²) in [5.41, 5.74) is -1.28. The molecule has 1 atom stereocenters. The number of fused-ring (bicyclic) bond motifs is 2. The van der Waals surface area contributed by atoms with Crippen molar-refractivity contribution in [2.45, 2.75) is 18.9 Å². The van der Waals surface area contributed by atoms with E-state index in [4.69, 9.17) is 0 Å². The van der Waals surface area contributed by atoms with Gasteiger partial charge in [-0.25, -0.2) is 18.8 Å². The van der Waals surface area contributed by atoms with E-state index in [1.807, 2.05) is 30.3 Å². The van der Waals surface area contributed by atoms with Crippen molar-refractivity contribution >= 4 is 22.8 Å². The van der Waals surface area contributed by atoms with E-state index in [-0.39, 0.29) is 12.3 Å². The van der Waals surface area contributed by atoms with Crippen molar-refractivity contribution in [1.29, 1.82) is 0 Å². The van der Waals surface area contributed by atoms with Crippen molar-refractivity contribution in [3.63, 3.8) is 0 Å². The minimum atomic E-state index is -0.910. The Morgan fingerprint density at radius 3 is 2.68 bits per heavy atom. The summed E-state index contributed by atoms with van der Waals surface area (Å²) in [5.74, 6) is -0.388. The Kier molecular flexibility index (Phi) is 3.15. The first kappa shape index (κ1) is 15.3. The van der Waals surface area contributed by atoms with Crippen LogP contribution in [0.2, 0.25) is 0 Å². The predicted molar refractivity (Wildman–Crippen MR) is 93.6 cm³/mol. The van der Waals surface area contributed by atoms with Gasteiger partial charge in [0.25, 0.3) is 5.91 Å². The van der Waals surface area contributed by atoms with Gasteiger partial charge in [0.1, 0.15) is 0 Å². The smallest absolute Gasteiger partial charge is 0.272 e. The second kappa shape index (κ2) is 5.14. The molecule has 0 saturated heterocycles. The van der Waals surface area contributed by atoms with Crippen LogP contribution >= 0.6 is 0 Å². The summed E-state index contributed by atoms with van der Waals surface area (Å²) in [5, 5.41) is 2.03. The largest absolute Gasteiger partial charge is 0.354 e. The summed E-state index contributed by atoms with van der Waals surface area (Å²) >= 11 is 0. The van der Waals surface area contributed by atoms with Crippen LogP contribution in [-0.4, -0.2) is 24.8 Å². The number of nitrogens with zero attached hydrogens (tertiary/aromatic N) is 4. The molecule has 1 aliphatic heterocycles. The molecule has 0 fully saturated rings. The molecule has 25 heavy (non-hydrogen) atoms. The first-order chi connectivity index (χ1) is 11.9. The average molecular weight is 336 g/mol. The molecule has 1 unspecified atom stereocenters. The second-order valence-electron chi connectivity index (χ2n) is 6.43. The third-order valence-electron chi connectivity index (χ3n) is 4.67. The van der Waals surface area contributed by atoms with Crippen molar-refractivity contribution in [3.05, 3.63) is 69.3 Å². The van der Waals surface area contributed by atoms with E-state index in [1.165, 1.54) is 11.7 Å². The van der Waals surface area contributed by atoms with Crippen LogP contribution in [0.1, 0.15) is 23.8 Å². The molecule has 0 amide bonds. The molecule has 7 nitrogen and oxygen atoms in total. The van der Waals surface area contributed by atoms with Gasteiger partial charge >= 0.3 is 11.4 Å². The number of allylic oxidation sites excluding steroid dienone is 1. The summed E-state index contributed by atoms with van der Waals surface area (Å²) in [7, 11) is 1.37. The molecule has 0 bridgehead atoms. The number of carbonyl (C=O) groups is 1. The zero-order valence-electron chi connectivity index (χ0n) is 13.8. The molecule has 4 rings (SSSR count). The SMILES string of the molecule is Cn1c(=O)n2n(c1=O)C(C)(/C=C\c1nccc3ccccc13)CC2=O. The van der Waals surface area contributed by atoms with Gasteiger partial charge in [0.05, 0.1) is 17.7 Å². The number of benzene rings is 1. The highest BCUT2D eigenvalue weighted by atomic mass is 16.2. The fraction of sp³-hybridized carbons (Fsp3) is 0.222. The first-order valence-corrected chi connectivity index (χ1v) is 7.90. The molecular weight excluding hydrogens is 320 g/mol. The molecule has 7 heteroatoms. The van der Waals surface area contributed by atoms with E-state index in [1.54, 1.807) is 25.3 Å². The normalized spacial score (nSPS) is 19.8. The molecule has 1 aliphatic rings. The van der Waals surface area contributed by atoms with Gasteiger partial charge in [-0.15, -0.1) is 0 Å². The highest BCUT2D eigenvalue weighted by molar-refractivity contribution is 5.89. The van der Waals surface area contributed by atoms with E-state index in [0.29, 0.717) is 0 Å². The highest BCUT2D eigenvalue weighted by Gasteiger charge is 2.41. The molecule has 3 heterocycles. The lowest BCUT2D eigenvalue weighted by atomic mass is 9.97. The first-order valence-electron chi connectivity index (χ1n) is 7.90. The van der Waals surface area contributed by atoms with Crippen LogP contribution in [0.4, 0.5) is 0 Å². The van der Waals surface area contributed by atoms with E-state index in [2.05, 4.69) is 4.98 Å². The van der Waals surface area contributed by atoms with Gasteiger partial charge in [0.2, 0.25) is 0 Å². The van der Waals surface area contributed by atoms with Crippen LogP contribution < -0.4 is 11.4 Å². The lowest BCUT2D eigenvalue weighted by Gasteiger charge is -2.18. The van der Waals surface area contributed by atoms with Gasteiger partial charge < -0.3 is 0 Å². The summed E-state index contributed by atoms with van der Waals surface area (Å²) in [4.78, 5) is 41.1. The Bertz CT molecular complexity index is 1160. The summed E-state index contributed by atoms with van der Waals surface area (Å²) in [6, 6.07) is 9.77. The zero-order chi connectivity index (χ0) is 17.8. The van der Waals surface area contributed by atoms with Gasteiger partial charge in [-0.3, -0.25) is 9.78 Å². The van der Waals surface area contributed by atoms with Crippen LogP contribution in [0, 0.1) is 0 Å². The van der Waals surface area contributed by atoms with Crippen LogP contribution in [0.3, 0.4) is 0 Å². The standard InChI is InChI=1S/C18H16N4O3/c1-18(11-15(23)21-16(24)20(2)17(25)22(18)21)9-7-14-13-6-4-3-5-12(13)8-10-19-14/h3-10H,11H2,1-2H3/b9-7-. The number of rotatable bonds is 2. The number of aromatic nitrogens is 4. The van der Waals surface area contributed by atoms with Crippen LogP contribution in [0.15, 0.2) is 52.2 Å². The third-order valence-corrected chi connectivity index (χ3v) is 4.67. The molecule has 0 saturated carbocycles. The van der Waals surface area contributed by atoms with Gasteiger partial charge in [0.15, 0.2) is 0 Å². The molecule has 2 aromatic heterocycles. The van der Waals surface area contributed by atoms with Gasteiger partial charge in [-0.05, 0) is 24.5 Å². The van der Waals surface area contributed by atoms with E-state index in [0.717, 1.165) is 25.7 Å². The molecule has 1 aromatic carbocycles. The Morgan fingerprint density at radius 2 is 1.88 bits per heavy atom. The fourth-order valence-electron chi connectivity index (χ4n) is 3.32. The zero-order valence-corrected chi connectivity index (χ0v) is 13.8. The molecular formula is C18H16N4O3. The molecule has 0 radical (unpaired) electrons. The number of hydrogen-bond donors (Lipinski definition) is 0. The molecule has 0 N–H and O–H groups in total. The fourth-order valence-corrected chi connectivity index (χ4v) is 3.32. The van der Waals surface area contributed by atoms with Crippen LogP contribution in [0.25, 0.3) is 16.8 Å². The van der Waals surface area contributed by atoms with Crippen molar-refractivity contribution in [1.82, 2.24) is 18.9 Å². The van der Waals surface area contributed by atoms with Gasteiger partial charge in [0, 0.05) is 18.6 Å². The predicted octanol–water partition coefficient (Wildman–Crippen LogP) is 1.37. The van der Waals surface area contributed by atoms with Crippen molar-refractivity contribution in [3.8, 4) is 0 Å². The van der Waals surface area contributed by atoms with Gasteiger partial charge in [-0.2, -0.15) is 4.68 Å². The van der Waals surface area contributed by atoms with E-state index >= 15 is 0 Å². The van der Waals surface area contributed by atoms with Crippen molar-refractivity contribution in [2.75, 3.05) is 0 Å². The van der Waals surface area contributed by atoms with Crippen molar-refractivity contribution in [2.24, 2.45) is 7.05 Å².